The first-order valence-electron chi connectivity index (χ1n) is 18.7. The molecule has 2 saturated carbocycles. The van der Waals surface area contributed by atoms with E-state index in [9.17, 15) is 9.59 Å². The Hall–Kier alpha value is -3.64. The van der Waals surface area contributed by atoms with Crippen LogP contribution in [0.3, 0.4) is 0 Å². The number of hydrogen-bond donors (Lipinski definition) is 2. The molecule has 4 aromatic rings. The van der Waals surface area contributed by atoms with Crippen LogP contribution in [0.5, 0.6) is 0 Å². The van der Waals surface area contributed by atoms with E-state index in [1.807, 2.05) is 18.2 Å². The summed E-state index contributed by atoms with van der Waals surface area (Å²) in [6.07, 6.45) is 7.22. The van der Waals surface area contributed by atoms with Crippen LogP contribution in [0.15, 0.2) is 55.9 Å². The van der Waals surface area contributed by atoms with Crippen molar-refractivity contribution < 1.29 is 23.1 Å². The number of aromatic nitrogens is 2. The molecule has 2 aliphatic heterocycles. The molecule has 8 rings (SSSR count). The van der Waals surface area contributed by atoms with Crippen LogP contribution in [0, 0.1) is 11.8 Å². The minimum absolute atomic E-state index is 0.0283. The van der Waals surface area contributed by atoms with Gasteiger partial charge in [0.15, 0.2) is 11.4 Å². The first kappa shape index (κ1) is 35.4. The molecular weight excluding hydrogens is 703 g/mol. The Labute approximate surface area is 313 Å². The van der Waals surface area contributed by atoms with Crippen molar-refractivity contribution >= 4 is 35.0 Å². The van der Waals surface area contributed by atoms with Crippen molar-refractivity contribution in [2.24, 2.45) is 11.8 Å². The second-order valence-electron chi connectivity index (χ2n) is 15.5. The van der Waals surface area contributed by atoms with Gasteiger partial charge in [0.25, 0.3) is 11.8 Å². The van der Waals surface area contributed by atoms with Crippen molar-refractivity contribution in [3.8, 4) is 11.3 Å². The Kier molecular flexibility index (Phi) is 10.2. The fourth-order valence-electron chi connectivity index (χ4n) is 7.88. The van der Waals surface area contributed by atoms with Gasteiger partial charge < -0.3 is 24.1 Å². The van der Waals surface area contributed by atoms with Crippen LogP contribution >= 0.6 is 23.2 Å². The predicted octanol–water partition coefficient (Wildman–Crippen LogP) is 7.52. The Morgan fingerprint density at radius 2 is 1.42 bits per heavy atom. The lowest BCUT2D eigenvalue weighted by Gasteiger charge is -2.22. The van der Waals surface area contributed by atoms with E-state index in [2.05, 4.69) is 44.6 Å². The number of amides is 2. The molecule has 3 aromatic heterocycles. The molecule has 52 heavy (non-hydrogen) atoms. The number of nitrogens with zero attached hydrogens (tertiary/aromatic N) is 4. The molecule has 4 fully saturated rings. The Bertz CT molecular complexity index is 1900. The molecule has 11 nitrogen and oxygen atoms in total. The maximum Gasteiger partial charge on any atom is 0.273 e. The highest BCUT2D eigenvalue weighted by Gasteiger charge is 2.38. The van der Waals surface area contributed by atoms with Gasteiger partial charge in [-0.2, -0.15) is 0 Å². The molecule has 0 unspecified atom stereocenters. The van der Waals surface area contributed by atoms with Gasteiger partial charge in [0.05, 0.1) is 11.6 Å². The van der Waals surface area contributed by atoms with E-state index in [0.29, 0.717) is 64.1 Å². The van der Waals surface area contributed by atoms with Crippen LogP contribution in [0.2, 0.25) is 10.0 Å². The SMILES string of the molecule is CC(C)N1C[C@H](CCC[C@H]2CN(Cc3ccc(-c4cc(Cl)ccc4Cl)o3)C[C@H]2NC(=O)c2cc(C3CC3)on2)[C@@H](NC(=O)c2cc(C3CC3)on2)C1. The molecule has 0 radical (unpaired) electrons. The fourth-order valence-corrected chi connectivity index (χ4v) is 8.27. The molecule has 4 aliphatic rings. The van der Waals surface area contributed by atoms with Crippen LogP contribution in [0.1, 0.15) is 109 Å². The van der Waals surface area contributed by atoms with E-state index >= 15 is 0 Å². The summed E-state index contributed by atoms with van der Waals surface area (Å²) in [6, 6.07) is 13.2. The quantitative estimate of drug-likeness (QED) is 0.134. The molecule has 2 N–H and O–H groups in total. The molecule has 2 saturated heterocycles. The van der Waals surface area contributed by atoms with Crippen LogP contribution in [0.4, 0.5) is 0 Å². The molecule has 276 valence electrons. The van der Waals surface area contributed by atoms with Gasteiger partial charge >= 0.3 is 0 Å². The third kappa shape index (κ3) is 8.12. The smallest absolute Gasteiger partial charge is 0.273 e. The van der Waals surface area contributed by atoms with E-state index in [1.165, 1.54) is 0 Å². The summed E-state index contributed by atoms with van der Waals surface area (Å²) < 4.78 is 17.2. The number of benzene rings is 1. The van der Waals surface area contributed by atoms with E-state index in [1.54, 1.807) is 24.3 Å². The van der Waals surface area contributed by atoms with Crippen LogP contribution < -0.4 is 10.6 Å². The van der Waals surface area contributed by atoms with Gasteiger partial charge in [0.2, 0.25) is 0 Å². The van der Waals surface area contributed by atoms with Gasteiger partial charge in [0.1, 0.15) is 23.0 Å². The molecule has 2 aliphatic carbocycles. The average Bonchev–Trinajstić information content (AvgIpc) is 3.81. The summed E-state index contributed by atoms with van der Waals surface area (Å²) in [4.78, 5) is 31.4. The van der Waals surface area contributed by atoms with E-state index in [-0.39, 0.29) is 29.8 Å². The Morgan fingerprint density at radius 1 is 0.808 bits per heavy atom. The predicted molar refractivity (Wildman–Crippen MR) is 196 cm³/mol. The molecule has 2 amide bonds. The molecule has 4 atom stereocenters. The van der Waals surface area contributed by atoms with Gasteiger partial charge in [-0.3, -0.25) is 19.4 Å². The van der Waals surface area contributed by atoms with E-state index in [0.717, 1.165) is 87.4 Å². The topological polar surface area (TPSA) is 130 Å². The van der Waals surface area contributed by atoms with Crippen LogP contribution in [-0.2, 0) is 6.54 Å². The standard InChI is InChI=1S/C39H46Cl2N6O5/c1-22(2)47-18-26(34(21-47)43-39(49)32-16-37(52-45-32)24-8-9-24)5-3-4-25-17-46(19-28-11-13-35(50-28)29-14-27(40)10-12-30(29)41)20-33(25)42-38(48)31-15-36(51-44-31)23-6-7-23/h10-16,22-26,33-34H,3-9,17-21H2,1-2H3,(H,42,48)(H,43,49)/t25-,26-,33+,34-/m0/s1. The number of carbonyl (C=O) groups excluding carboxylic acids is 2. The van der Waals surface area contributed by atoms with Crippen molar-refractivity contribution in [2.45, 2.75) is 95.3 Å². The zero-order valence-electron chi connectivity index (χ0n) is 29.7. The van der Waals surface area contributed by atoms with Gasteiger partial charge in [-0.25, -0.2) is 0 Å². The van der Waals surface area contributed by atoms with Crippen LogP contribution in [-0.4, -0.2) is 76.2 Å². The lowest BCUT2D eigenvalue weighted by molar-refractivity contribution is 0.0913. The van der Waals surface area contributed by atoms with Crippen molar-refractivity contribution in [1.29, 1.82) is 0 Å². The zero-order valence-corrected chi connectivity index (χ0v) is 31.2. The number of halogens is 2. The normalized spacial score (nSPS) is 23.9. The summed E-state index contributed by atoms with van der Waals surface area (Å²) in [7, 11) is 0. The number of furan rings is 1. The number of hydrogen-bond acceptors (Lipinski definition) is 9. The van der Waals surface area contributed by atoms with Crippen LogP contribution in [0.25, 0.3) is 11.3 Å². The summed E-state index contributed by atoms with van der Waals surface area (Å²) >= 11 is 12.7. The molecule has 0 spiro atoms. The second kappa shape index (κ2) is 15.0. The van der Waals surface area contributed by atoms with Crippen molar-refractivity contribution in [3.05, 3.63) is 81.2 Å². The van der Waals surface area contributed by atoms with E-state index < -0.39 is 0 Å². The maximum atomic E-state index is 13.4. The molecule has 0 bridgehead atoms. The summed E-state index contributed by atoms with van der Waals surface area (Å²) in [5.41, 5.74) is 1.45. The second-order valence-corrected chi connectivity index (χ2v) is 16.4. The molecule has 5 heterocycles. The lowest BCUT2D eigenvalue weighted by Crippen LogP contribution is -2.41. The molecular formula is C39H46Cl2N6O5. The summed E-state index contributed by atoms with van der Waals surface area (Å²) in [6.45, 7) is 8.24. The first-order valence-corrected chi connectivity index (χ1v) is 19.5. The third-order valence-electron chi connectivity index (χ3n) is 11.2. The Balaban J connectivity index is 0.922. The monoisotopic (exact) mass is 748 g/mol. The Morgan fingerprint density at radius 3 is 2.04 bits per heavy atom. The largest absolute Gasteiger partial charge is 0.460 e. The molecule has 13 heteroatoms. The third-order valence-corrected chi connectivity index (χ3v) is 11.8. The highest BCUT2D eigenvalue weighted by atomic mass is 35.5. The van der Waals surface area contributed by atoms with Gasteiger partial charge in [-0.15, -0.1) is 0 Å². The lowest BCUT2D eigenvalue weighted by atomic mass is 9.91. The summed E-state index contributed by atoms with van der Waals surface area (Å²) in [5.74, 6) is 4.05. The van der Waals surface area contributed by atoms with E-state index in [4.69, 9.17) is 36.7 Å². The minimum atomic E-state index is -0.202. The zero-order chi connectivity index (χ0) is 35.9. The highest BCUT2D eigenvalue weighted by Crippen LogP contribution is 2.41. The van der Waals surface area contributed by atoms with Gasteiger partial charge in [-0.1, -0.05) is 39.9 Å². The highest BCUT2D eigenvalue weighted by molar-refractivity contribution is 6.35. The fraction of sp³-hybridized carbons (Fsp3) is 0.538. The number of likely N-dealkylation sites (tertiary alicyclic amines) is 2. The number of rotatable bonds is 14. The maximum absolute atomic E-state index is 13.4. The van der Waals surface area contributed by atoms with Gasteiger partial charge in [0, 0.05) is 78.9 Å². The first-order chi connectivity index (χ1) is 25.2. The summed E-state index contributed by atoms with van der Waals surface area (Å²) in [5, 5.41) is 15.9. The number of nitrogens with one attached hydrogen (secondary N) is 2. The van der Waals surface area contributed by atoms with Crippen molar-refractivity contribution in [1.82, 2.24) is 30.7 Å². The van der Waals surface area contributed by atoms with Crippen molar-refractivity contribution in [2.75, 3.05) is 26.2 Å². The minimum Gasteiger partial charge on any atom is -0.460 e. The van der Waals surface area contributed by atoms with Crippen molar-refractivity contribution in [3.63, 3.8) is 0 Å². The number of carbonyl (C=O) groups is 2. The van der Waals surface area contributed by atoms with Gasteiger partial charge in [-0.05, 0) is 94.5 Å². The molecule has 1 aromatic carbocycles. The average molecular weight is 750 g/mol.